The summed E-state index contributed by atoms with van der Waals surface area (Å²) in [4.78, 5) is 4.89. The minimum absolute atomic E-state index is 0.380. The maximum atomic E-state index is 9.52. The predicted octanol–water partition coefficient (Wildman–Crippen LogP) is 2.27. The van der Waals surface area contributed by atoms with E-state index in [1.807, 2.05) is 12.1 Å². The number of hydrogen-bond donors (Lipinski definition) is 1. The summed E-state index contributed by atoms with van der Waals surface area (Å²) in [5.74, 6) is 0. The number of benzene rings is 1. The molecule has 2 atom stereocenters. The molecule has 1 N–H and O–H groups in total. The van der Waals surface area contributed by atoms with Gasteiger partial charge in [0.25, 0.3) is 0 Å². The summed E-state index contributed by atoms with van der Waals surface area (Å²) in [5.41, 5.74) is 2.26. The van der Waals surface area contributed by atoms with E-state index in [-0.39, 0.29) is 6.10 Å². The van der Waals surface area contributed by atoms with E-state index in [4.69, 9.17) is 0 Å². The molecule has 18 heavy (non-hydrogen) atoms. The Kier molecular flexibility index (Phi) is 4.25. The Labute approximate surface area is 110 Å². The van der Waals surface area contributed by atoms with E-state index in [1.165, 1.54) is 12.1 Å². The highest BCUT2D eigenvalue weighted by Gasteiger charge is 2.22. The Bertz CT molecular complexity index is 375. The minimum Gasteiger partial charge on any atom is -0.389 e. The van der Waals surface area contributed by atoms with Crippen LogP contribution in [-0.4, -0.2) is 42.7 Å². The number of hydrogen-bond acceptors (Lipinski definition) is 3. The van der Waals surface area contributed by atoms with Crippen molar-refractivity contribution in [2.24, 2.45) is 0 Å². The van der Waals surface area contributed by atoms with Gasteiger partial charge in [0.1, 0.15) is 0 Å². The van der Waals surface area contributed by atoms with Crippen molar-refractivity contribution >= 4 is 5.69 Å². The molecule has 3 nitrogen and oxygen atoms in total. The molecule has 100 valence electrons. The molecule has 1 aromatic rings. The number of aliphatic hydroxyl groups is 1. The fourth-order valence-corrected chi connectivity index (χ4v) is 2.59. The average molecular weight is 248 g/mol. The van der Waals surface area contributed by atoms with E-state index in [0.29, 0.717) is 6.04 Å². The van der Waals surface area contributed by atoms with Crippen LogP contribution in [0.5, 0.6) is 0 Å². The lowest BCUT2D eigenvalue weighted by molar-refractivity contribution is 0.199. The van der Waals surface area contributed by atoms with Gasteiger partial charge in [0.2, 0.25) is 0 Å². The fraction of sp³-hybridized carbons (Fsp3) is 0.600. The first-order chi connectivity index (χ1) is 8.61. The van der Waals surface area contributed by atoms with Gasteiger partial charge in [0.15, 0.2) is 0 Å². The Morgan fingerprint density at radius 1 is 1.28 bits per heavy atom. The molecule has 1 aromatic carbocycles. The van der Waals surface area contributed by atoms with Crippen LogP contribution in [0.3, 0.4) is 0 Å². The maximum absolute atomic E-state index is 9.52. The number of piperazine rings is 1. The lowest BCUT2D eigenvalue weighted by Crippen LogP contribution is -2.51. The van der Waals surface area contributed by atoms with Gasteiger partial charge in [0.05, 0.1) is 6.10 Å². The topological polar surface area (TPSA) is 26.7 Å². The van der Waals surface area contributed by atoms with Crippen LogP contribution in [0.4, 0.5) is 5.69 Å². The normalized spacial score (nSPS) is 23.1. The van der Waals surface area contributed by atoms with Crippen molar-refractivity contribution in [2.45, 2.75) is 32.4 Å². The Hall–Kier alpha value is -1.06. The predicted molar refractivity (Wildman–Crippen MR) is 76.0 cm³/mol. The van der Waals surface area contributed by atoms with Gasteiger partial charge in [0, 0.05) is 31.4 Å². The molecule has 1 saturated heterocycles. The van der Waals surface area contributed by atoms with Gasteiger partial charge < -0.3 is 10.0 Å². The molecule has 0 saturated carbocycles. The quantitative estimate of drug-likeness (QED) is 0.889. The zero-order chi connectivity index (χ0) is 13.1. The Morgan fingerprint density at radius 3 is 2.50 bits per heavy atom. The van der Waals surface area contributed by atoms with Crippen molar-refractivity contribution in [3.8, 4) is 0 Å². The summed E-state index contributed by atoms with van der Waals surface area (Å²) in [6.45, 7) is 7.36. The van der Waals surface area contributed by atoms with Crippen LogP contribution in [0.15, 0.2) is 24.3 Å². The summed E-state index contributed by atoms with van der Waals surface area (Å²) in [6, 6.07) is 8.95. The fourth-order valence-electron chi connectivity index (χ4n) is 2.59. The van der Waals surface area contributed by atoms with Gasteiger partial charge in [-0.1, -0.05) is 19.1 Å². The maximum Gasteiger partial charge on any atom is 0.0761 e. The molecule has 0 radical (unpaired) electrons. The molecule has 1 aliphatic rings. The summed E-state index contributed by atoms with van der Waals surface area (Å²) >= 11 is 0. The van der Waals surface area contributed by atoms with Crippen molar-refractivity contribution in [3.63, 3.8) is 0 Å². The highest BCUT2D eigenvalue weighted by atomic mass is 16.3. The van der Waals surface area contributed by atoms with Gasteiger partial charge >= 0.3 is 0 Å². The molecule has 0 aliphatic carbocycles. The highest BCUT2D eigenvalue weighted by molar-refractivity contribution is 5.48. The largest absolute Gasteiger partial charge is 0.389 e. The number of nitrogens with zero attached hydrogens (tertiary/aromatic N) is 2. The van der Waals surface area contributed by atoms with E-state index < -0.39 is 0 Å². The SMILES string of the molecule is CCC1CN(c2ccc([C@@H](C)O)cc2)CCN1C. The van der Waals surface area contributed by atoms with Crippen LogP contribution in [0.2, 0.25) is 0 Å². The van der Waals surface area contributed by atoms with Crippen molar-refractivity contribution < 1.29 is 5.11 Å². The van der Waals surface area contributed by atoms with Crippen LogP contribution < -0.4 is 4.90 Å². The first kappa shape index (κ1) is 13.4. The van der Waals surface area contributed by atoms with E-state index >= 15 is 0 Å². The van der Waals surface area contributed by atoms with E-state index in [1.54, 1.807) is 6.92 Å². The van der Waals surface area contributed by atoms with Gasteiger partial charge in [-0.05, 0) is 38.1 Å². The highest BCUT2D eigenvalue weighted by Crippen LogP contribution is 2.22. The third-order valence-corrected chi connectivity index (χ3v) is 3.99. The lowest BCUT2D eigenvalue weighted by atomic mass is 10.1. The number of anilines is 1. The first-order valence-electron chi connectivity index (χ1n) is 6.85. The molecular formula is C15H24N2O. The van der Waals surface area contributed by atoms with Gasteiger partial charge in [-0.25, -0.2) is 0 Å². The Balaban J connectivity index is 2.07. The van der Waals surface area contributed by atoms with Gasteiger partial charge in [-0.2, -0.15) is 0 Å². The van der Waals surface area contributed by atoms with Crippen LogP contribution in [0, 0.1) is 0 Å². The molecule has 0 spiro atoms. The van der Waals surface area contributed by atoms with E-state index in [2.05, 4.69) is 35.9 Å². The van der Waals surface area contributed by atoms with E-state index in [0.717, 1.165) is 25.2 Å². The molecule has 0 bridgehead atoms. The third-order valence-electron chi connectivity index (χ3n) is 3.99. The molecule has 2 rings (SSSR count). The zero-order valence-corrected chi connectivity index (χ0v) is 11.6. The van der Waals surface area contributed by atoms with Crippen molar-refractivity contribution in [2.75, 3.05) is 31.6 Å². The molecular weight excluding hydrogens is 224 g/mol. The van der Waals surface area contributed by atoms with E-state index in [9.17, 15) is 5.11 Å². The summed E-state index contributed by atoms with van der Waals surface area (Å²) in [6.07, 6.45) is 0.814. The van der Waals surface area contributed by atoms with Crippen LogP contribution in [-0.2, 0) is 0 Å². The first-order valence-corrected chi connectivity index (χ1v) is 6.85. The van der Waals surface area contributed by atoms with Crippen LogP contribution >= 0.6 is 0 Å². The smallest absolute Gasteiger partial charge is 0.0761 e. The molecule has 1 unspecified atom stereocenters. The number of rotatable bonds is 3. The summed E-state index contributed by atoms with van der Waals surface area (Å²) in [7, 11) is 2.21. The zero-order valence-electron chi connectivity index (χ0n) is 11.6. The van der Waals surface area contributed by atoms with Crippen LogP contribution in [0.25, 0.3) is 0 Å². The molecule has 0 aromatic heterocycles. The minimum atomic E-state index is -0.380. The number of likely N-dealkylation sites (N-methyl/N-ethyl adjacent to an activating group) is 1. The van der Waals surface area contributed by atoms with Crippen LogP contribution in [0.1, 0.15) is 31.9 Å². The molecule has 3 heteroatoms. The van der Waals surface area contributed by atoms with Gasteiger partial charge in [-0.15, -0.1) is 0 Å². The van der Waals surface area contributed by atoms with Crippen molar-refractivity contribution in [3.05, 3.63) is 29.8 Å². The van der Waals surface area contributed by atoms with Gasteiger partial charge in [-0.3, -0.25) is 4.90 Å². The monoisotopic (exact) mass is 248 g/mol. The summed E-state index contributed by atoms with van der Waals surface area (Å²) < 4.78 is 0. The second-order valence-corrected chi connectivity index (χ2v) is 5.26. The van der Waals surface area contributed by atoms with Crippen molar-refractivity contribution in [1.82, 2.24) is 4.90 Å². The summed E-state index contributed by atoms with van der Waals surface area (Å²) in [5, 5.41) is 9.52. The average Bonchev–Trinajstić information content (AvgIpc) is 2.39. The number of aliphatic hydroxyl groups excluding tert-OH is 1. The molecule has 1 heterocycles. The Morgan fingerprint density at radius 2 is 1.94 bits per heavy atom. The second kappa shape index (κ2) is 5.72. The lowest BCUT2D eigenvalue weighted by Gasteiger charge is -2.40. The second-order valence-electron chi connectivity index (χ2n) is 5.26. The third kappa shape index (κ3) is 2.85. The molecule has 1 aliphatic heterocycles. The molecule has 1 fully saturated rings. The molecule has 0 amide bonds. The van der Waals surface area contributed by atoms with Crippen molar-refractivity contribution in [1.29, 1.82) is 0 Å². The standard InChI is InChI=1S/C15H24N2O/c1-4-14-11-17(10-9-16(14)3)15-7-5-13(6-8-15)12(2)18/h5-8,12,14,18H,4,9-11H2,1-3H3/t12-,14?/m1/s1.